The first-order valence-corrected chi connectivity index (χ1v) is 10.3. The Bertz CT molecular complexity index is 988. The Morgan fingerprint density at radius 3 is 2.24 bits per heavy atom. The summed E-state index contributed by atoms with van der Waals surface area (Å²) in [5, 5.41) is 9.53. The summed E-state index contributed by atoms with van der Waals surface area (Å²) in [6.07, 6.45) is 0.511. The third kappa shape index (κ3) is 4.52. The molecule has 1 fully saturated rings. The minimum absolute atomic E-state index is 0.141. The van der Waals surface area contributed by atoms with Crippen molar-refractivity contribution in [2.45, 2.75) is 32.4 Å². The standard InChI is InChI=1S/C23H22N2O3S/c1-4-28-23(27)19(14-24)22-25(18-11-7-16(3)8-12-18)21(26)20(29-22)13-17-9-5-15(2)6-10-17/h5-12,20H,4,13H2,1-3H3/b22-19-/t20-/m1/s1. The van der Waals surface area contributed by atoms with Gasteiger partial charge in [-0.2, -0.15) is 5.26 Å². The highest BCUT2D eigenvalue weighted by molar-refractivity contribution is 8.05. The molecule has 2 aromatic carbocycles. The number of anilines is 1. The largest absolute Gasteiger partial charge is 0.462 e. The van der Waals surface area contributed by atoms with Crippen molar-refractivity contribution in [1.82, 2.24) is 0 Å². The van der Waals surface area contributed by atoms with Crippen LogP contribution >= 0.6 is 11.8 Å². The number of carbonyl (C=O) groups is 2. The molecule has 0 bridgehead atoms. The molecule has 1 heterocycles. The van der Waals surface area contributed by atoms with Gasteiger partial charge in [0.2, 0.25) is 5.91 Å². The number of hydrogen-bond acceptors (Lipinski definition) is 5. The lowest BCUT2D eigenvalue weighted by molar-refractivity contribution is -0.138. The van der Waals surface area contributed by atoms with Crippen LogP contribution < -0.4 is 4.90 Å². The normalized spacial score (nSPS) is 17.8. The van der Waals surface area contributed by atoms with Crippen LogP contribution in [0.15, 0.2) is 59.1 Å². The molecule has 0 aromatic heterocycles. The lowest BCUT2D eigenvalue weighted by Crippen LogP contribution is -2.30. The van der Waals surface area contributed by atoms with Gasteiger partial charge in [-0.25, -0.2) is 4.79 Å². The number of esters is 1. The summed E-state index contributed by atoms with van der Waals surface area (Å²) in [6, 6.07) is 17.4. The number of aryl methyl sites for hydroxylation is 2. The molecular formula is C23H22N2O3S. The zero-order valence-electron chi connectivity index (χ0n) is 16.6. The smallest absolute Gasteiger partial charge is 0.351 e. The van der Waals surface area contributed by atoms with Gasteiger partial charge in [0.15, 0.2) is 5.57 Å². The number of carbonyl (C=O) groups excluding carboxylic acids is 2. The van der Waals surface area contributed by atoms with E-state index in [9.17, 15) is 14.9 Å². The minimum Gasteiger partial charge on any atom is -0.462 e. The van der Waals surface area contributed by atoms with Crippen LogP contribution in [0.25, 0.3) is 0 Å². The third-order valence-corrected chi connectivity index (χ3v) is 5.85. The summed E-state index contributed by atoms with van der Waals surface area (Å²) in [5.41, 5.74) is 3.72. The highest BCUT2D eigenvalue weighted by Gasteiger charge is 2.41. The zero-order valence-corrected chi connectivity index (χ0v) is 17.5. The maximum absolute atomic E-state index is 13.3. The molecule has 5 nitrogen and oxygen atoms in total. The summed E-state index contributed by atoms with van der Waals surface area (Å²) in [5.74, 6) is -0.857. The van der Waals surface area contributed by atoms with Crippen LogP contribution in [-0.2, 0) is 20.7 Å². The van der Waals surface area contributed by atoms with E-state index in [1.165, 1.54) is 16.7 Å². The van der Waals surface area contributed by atoms with Gasteiger partial charge < -0.3 is 4.74 Å². The van der Waals surface area contributed by atoms with Crippen LogP contribution in [0, 0.1) is 25.2 Å². The number of amides is 1. The molecule has 1 atom stereocenters. The van der Waals surface area contributed by atoms with Gasteiger partial charge >= 0.3 is 5.97 Å². The van der Waals surface area contributed by atoms with Crippen molar-refractivity contribution in [2.75, 3.05) is 11.5 Å². The topological polar surface area (TPSA) is 70.4 Å². The molecule has 0 aliphatic carbocycles. The number of nitrogens with zero attached hydrogens (tertiary/aromatic N) is 2. The average molecular weight is 407 g/mol. The Hall–Kier alpha value is -3.04. The van der Waals surface area contributed by atoms with Crippen LogP contribution in [0.2, 0.25) is 0 Å². The number of ether oxygens (including phenoxy) is 1. The number of hydrogen-bond donors (Lipinski definition) is 0. The van der Waals surface area contributed by atoms with Crippen molar-refractivity contribution in [3.8, 4) is 6.07 Å². The number of thioether (sulfide) groups is 1. The minimum atomic E-state index is -0.710. The van der Waals surface area contributed by atoms with Gasteiger partial charge in [-0.05, 0) is 44.9 Å². The van der Waals surface area contributed by atoms with E-state index in [2.05, 4.69) is 0 Å². The van der Waals surface area contributed by atoms with Crippen molar-refractivity contribution in [3.05, 3.63) is 75.8 Å². The highest BCUT2D eigenvalue weighted by Crippen LogP contribution is 2.42. The van der Waals surface area contributed by atoms with Gasteiger partial charge in [-0.3, -0.25) is 9.69 Å². The fraction of sp³-hybridized carbons (Fsp3) is 0.261. The maximum Gasteiger partial charge on any atom is 0.351 e. The summed E-state index contributed by atoms with van der Waals surface area (Å²) >= 11 is 1.24. The summed E-state index contributed by atoms with van der Waals surface area (Å²) in [7, 11) is 0. The van der Waals surface area contributed by atoms with Crippen molar-refractivity contribution >= 4 is 29.3 Å². The van der Waals surface area contributed by atoms with E-state index in [4.69, 9.17) is 4.74 Å². The monoisotopic (exact) mass is 406 g/mol. The SMILES string of the molecule is CCOC(=O)/C(C#N)=C1\S[C@H](Cc2ccc(C)cc2)C(=O)N1c1ccc(C)cc1. The maximum atomic E-state index is 13.3. The lowest BCUT2D eigenvalue weighted by atomic mass is 10.1. The molecule has 148 valence electrons. The highest BCUT2D eigenvalue weighted by atomic mass is 32.2. The fourth-order valence-electron chi connectivity index (χ4n) is 3.04. The first-order chi connectivity index (χ1) is 13.9. The van der Waals surface area contributed by atoms with Crippen LogP contribution in [-0.4, -0.2) is 23.7 Å². The van der Waals surface area contributed by atoms with E-state index in [1.807, 2.05) is 68.4 Å². The first kappa shape index (κ1) is 20.7. The number of rotatable bonds is 5. The van der Waals surface area contributed by atoms with Crippen molar-refractivity contribution in [3.63, 3.8) is 0 Å². The third-order valence-electron chi connectivity index (χ3n) is 4.59. The quantitative estimate of drug-likeness (QED) is 0.421. The molecule has 0 radical (unpaired) electrons. The van der Waals surface area contributed by atoms with Crippen LogP contribution in [0.4, 0.5) is 5.69 Å². The molecule has 2 aromatic rings. The summed E-state index contributed by atoms with van der Waals surface area (Å²) in [4.78, 5) is 27.1. The van der Waals surface area contributed by atoms with Gasteiger partial charge in [-0.1, -0.05) is 59.3 Å². The molecule has 1 amide bonds. The number of nitriles is 1. The van der Waals surface area contributed by atoms with E-state index in [0.29, 0.717) is 17.1 Å². The second-order valence-electron chi connectivity index (χ2n) is 6.82. The second kappa shape index (κ2) is 8.97. The van der Waals surface area contributed by atoms with E-state index in [-0.39, 0.29) is 18.1 Å². The van der Waals surface area contributed by atoms with Gasteiger partial charge in [0.25, 0.3) is 0 Å². The Morgan fingerprint density at radius 1 is 1.10 bits per heavy atom. The van der Waals surface area contributed by atoms with E-state index in [1.54, 1.807) is 6.92 Å². The molecule has 1 saturated heterocycles. The van der Waals surface area contributed by atoms with Crippen LogP contribution in [0.3, 0.4) is 0 Å². The van der Waals surface area contributed by atoms with Crippen molar-refractivity contribution < 1.29 is 14.3 Å². The van der Waals surface area contributed by atoms with Gasteiger partial charge in [0, 0.05) is 5.69 Å². The Morgan fingerprint density at radius 2 is 1.69 bits per heavy atom. The predicted molar refractivity (Wildman–Crippen MR) is 114 cm³/mol. The molecule has 0 saturated carbocycles. The summed E-state index contributed by atoms with van der Waals surface area (Å²) in [6.45, 7) is 5.81. The molecule has 0 spiro atoms. The van der Waals surface area contributed by atoms with Crippen molar-refractivity contribution in [1.29, 1.82) is 5.26 Å². The van der Waals surface area contributed by atoms with E-state index < -0.39 is 11.2 Å². The molecule has 6 heteroatoms. The van der Waals surface area contributed by atoms with Crippen molar-refractivity contribution in [2.24, 2.45) is 0 Å². The van der Waals surface area contributed by atoms with E-state index >= 15 is 0 Å². The molecule has 0 unspecified atom stereocenters. The molecule has 29 heavy (non-hydrogen) atoms. The molecule has 3 rings (SSSR count). The summed E-state index contributed by atoms with van der Waals surface area (Å²) < 4.78 is 5.04. The van der Waals surface area contributed by atoms with Gasteiger partial charge in [-0.15, -0.1) is 0 Å². The Balaban J connectivity index is 2.02. The predicted octanol–water partition coefficient (Wildman–Crippen LogP) is 4.29. The van der Waals surface area contributed by atoms with Crippen LogP contribution in [0.1, 0.15) is 23.6 Å². The van der Waals surface area contributed by atoms with E-state index in [0.717, 1.165) is 16.7 Å². The fourth-order valence-corrected chi connectivity index (χ4v) is 4.34. The van der Waals surface area contributed by atoms with Gasteiger partial charge in [0.05, 0.1) is 11.9 Å². The molecular weight excluding hydrogens is 384 g/mol. The van der Waals surface area contributed by atoms with Gasteiger partial charge in [0.1, 0.15) is 11.1 Å². The first-order valence-electron chi connectivity index (χ1n) is 9.39. The average Bonchev–Trinajstić information content (AvgIpc) is 3.01. The number of benzene rings is 2. The lowest BCUT2D eigenvalue weighted by Gasteiger charge is -2.18. The Kier molecular flexibility index (Phi) is 6.40. The van der Waals surface area contributed by atoms with Crippen LogP contribution in [0.5, 0.6) is 0 Å². The Labute approximate surface area is 175 Å². The molecule has 1 aliphatic rings. The molecule has 1 aliphatic heterocycles. The molecule has 0 N–H and O–H groups in total. The second-order valence-corrected chi connectivity index (χ2v) is 8.01. The zero-order chi connectivity index (χ0) is 21.0.